The number of hydrogen-bond donors (Lipinski definition) is 2. The minimum absolute atomic E-state index is 0.147. The van der Waals surface area contributed by atoms with E-state index in [2.05, 4.69) is 5.32 Å². The van der Waals surface area contributed by atoms with Gasteiger partial charge in [-0.25, -0.2) is 4.79 Å². The lowest BCUT2D eigenvalue weighted by molar-refractivity contribution is -0.893. The number of nitrogens with zero attached hydrogens (tertiary/aromatic N) is 2. The first-order valence-electron chi connectivity index (χ1n) is 6.79. The van der Waals surface area contributed by atoms with E-state index in [9.17, 15) is 10.0 Å². The molecule has 0 spiro atoms. The minimum Gasteiger partial charge on any atom is -0.464 e. The molecule has 0 aliphatic heterocycles. The maximum atomic E-state index is 11.7. The smallest absolute Gasteiger partial charge is 0.354 e. The molecule has 2 rings (SSSR count). The highest BCUT2D eigenvalue weighted by Gasteiger charge is 2.19. The molecule has 2 aromatic heterocycles. The van der Waals surface area contributed by atoms with Crippen molar-refractivity contribution in [2.45, 2.75) is 19.9 Å². The van der Waals surface area contributed by atoms with Crippen LogP contribution in [0.5, 0.6) is 0 Å². The summed E-state index contributed by atoms with van der Waals surface area (Å²) in [6.07, 6.45) is 3.20. The molecule has 2 N–H and O–H groups in total. The van der Waals surface area contributed by atoms with E-state index in [1.807, 2.05) is 13.8 Å². The number of pyridine rings is 1. The molecule has 2 aromatic rings. The number of carbonyl (C=O) groups is 1. The predicted molar refractivity (Wildman–Crippen MR) is 83.3 cm³/mol. The minimum atomic E-state index is -0.418. The molecule has 0 unspecified atom stereocenters. The van der Waals surface area contributed by atoms with Crippen LogP contribution < -0.4 is 10.0 Å². The van der Waals surface area contributed by atoms with Crippen LogP contribution in [-0.4, -0.2) is 28.9 Å². The highest BCUT2D eigenvalue weighted by Crippen LogP contribution is 2.30. The molecule has 0 aliphatic carbocycles. The summed E-state index contributed by atoms with van der Waals surface area (Å²) in [6.45, 7) is 3.93. The molecule has 0 saturated carbocycles. The summed E-state index contributed by atoms with van der Waals surface area (Å²) in [5, 5.41) is 13.4. The molecule has 0 amide bonds. The van der Waals surface area contributed by atoms with E-state index in [0.717, 1.165) is 10.3 Å². The van der Waals surface area contributed by atoms with Gasteiger partial charge in [-0.15, -0.1) is 0 Å². The fourth-order valence-electron chi connectivity index (χ4n) is 2.16. The summed E-state index contributed by atoms with van der Waals surface area (Å²) in [4.78, 5) is 11.7. The number of ether oxygens (including phenoxy) is 1. The molecule has 0 bridgehead atoms. The molecule has 22 heavy (non-hydrogen) atoms. The maximum Gasteiger partial charge on any atom is 0.354 e. The van der Waals surface area contributed by atoms with Gasteiger partial charge in [-0.1, -0.05) is 16.3 Å². The van der Waals surface area contributed by atoms with Crippen molar-refractivity contribution in [2.75, 3.05) is 12.4 Å². The van der Waals surface area contributed by atoms with E-state index in [1.54, 1.807) is 29.9 Å². The molecule has 0 atom stereocenters. The van der Waals surface area contributed by atoms with Crippen molar-refractivity contribution in [1.29, 1.82) is 0 Å². The molecule has 0 fully saturated rings. The number of anilines is 1. The number of hydrogen-bond acceptors (Lipinski definition) is 4. The number of nitrogens with one attached hydrogen (secondary N) is 1. The van der Waals surface area contributed by atoms with Gasteiger partial charge in [0.05, 0.1) is 18.2 Å². The Kier molecular flexibility index (Phi) is 4.61. The maximum absolute atomic E-state index is 11.7. The van der Waals surface area contributed by atoms with Crippen LogP contribution in [0.4, 0.5) is 5.82 Å². The van der Waals surface area contributed by atoms with Crippen LogP contribution in [0.1, 0.15) is 24.3 Å². The fourth-order valence-corrected chi connectivity index (χ4v) is 2.42. The first-order chi connectivity index (χ1) is 10.3. The number of esters is 1. The van der Waals surface area contributed by atoms with Crippen molar-refractivity contribution in [3.05, 3.63) is 35.2 Å². The predicted octanol–water partition coefficient (Wildman–Crippen LogP) is 2.48. The van der Waals surface area contributed by atoms with E-state index in [4.69, 9.17) is 16.3 Å². The Balaban J connectivity index is 2.50. The summed E-state index contributed by atoms with van der Waals surface area (Å²) < 4.78 is 7.36. The summed E-state index contributed by atoms with van der Waals surface area (Å²) in [5.41, 5.74) is 1.90. The van der Waals surface area contributed by atoms with Crippen LogP contribution in [-0.2, 0) is 11.8 Å². The van der Waals surface area contributed by atoms with Gasteiger partial charge in [0.25, 0.3) is 0 Å². The first kappa shape index (κ1) is 16.2. The number of carbonyl (C=O) groups excluding carboxylic acids is 1. The van der Waals surface area contributed by atoms with Gasteiger partial charge in [-0.3, -0.25) is 5.32 Å². The average Bonchev–Trinajstić information content (AvgIpc) is 2.82. The number of aryl methyl sites for hydroxylation is 1. The van der Waals surface area contributed by atoms with Crippen LogP contribution >= 0.6 is 11.6 Å². The molecule has 0 aliphatic rings. The largest absolute Gasteiger partial charge is 0.464 e. The van der Waals surface area contributed by atoms with Crippen molar-refractivity contribution in [1.82, 2.24) is 4.57 Å². The van der Waals surface area contributed by atoms with Crippen molar-refractivity contribution in [3.63, 3.8) is 0 Å². The fraction of sp³-hybridized carbons (Fsp3) is 0.333. The van der Waals surface area contributed by atoms with Crippen molar-refractivity contribution >= 4 is 23.4 Å². The summed E-state index contributed by atoms with van der Waals surface area (Å²) in [5.74, 6) is 0.0939. The van der Waals surface area contributed by atoms with Crippen LogP contribution in [0.25, 0.3) is 11.1 Å². The SMILES string of the molecule is COC(=O)c1cc(-c2cc(NC(C)C)[n+](O)cc2Cl)cn1C. The van der Waals surface area contributed by atoms with Crippen LogP contribution in [0.2, 0.25) is 5.02 Å². The molecule has 118 valence electrons. The van der Waals surface area contributed by atoms with Gasteiger partial charge >= 0.3 is 11.8 Å². The number of aromatic nitrogens is 2. The lowest BCUT2D eigenvalue weighted by atomic mass is 10.1. The number of methoxy groups -OCH3 is 1. The second-order valence-electron chi connectivity index (χ2n) is 5.28. The molecular weight excluding hydrogens is 306 g/mol. The quantitative estimate of drug-likeness (QED) is 0.515. The summed E-state index contributed by atoms with van der Waals surface area (Å²) in [6, 6.07) is 3.58. The lowest BCUT2D eigenvalue weighted by Gasteiger charge is -2.07. The van der Waals surface area contributed by atoms with E-state index in [1.165, 1.54) is 13.3 Å². The van der Waals surface area contributed by atoms with Gasteiger partial charge in [0.2, 0.25) is 0 Å². The zero-order chi connectivity index (χ0) is 16.4. The molecule has 0 saturated heterocycles. The average molecular weight is 325 g/mol. The highest BCUT2D eigenvalue weighted by molar-refractivity contribution is 6.33. The Labute approximate surface area is 133 Å². The normalized spacial score (nSPS) is 10.8. The van der Waals surface area contributed by atoms with E-state index < -0.39 is 5.97 Å². The Hall–Kier alpha value is -2.21. The third-order valence-corrected chi connectivity index (χ3v) is 3.47. The van der Waals surface area contributed by atoms with Crippen LogP contribution in [0.15, 0.2) is 24.5 Å². The van der Waals surface area contributed by atoms with Crippen LogP contribution in [0.3, 0.4) is 0 Å². The van der Waals surface area contributed by atoms with Crippen molar-refractivity contribution in [3.8, 4) is 11.1 Å². The Morgan fingerprint density at radius 2 is 2.14 bits per heavy atom. The zero-order valence-electron chi connectivity index (χ0n) is 12.9. The monoisotopic (exact) mass is 324 g/mol. The van der Waals surface area contributed by atoms with E-state index in [-0.39, 0.29) is 6.04 Å². The van der Waals surface area contributed by atoms with Gasteiger partial charge in [-0.2, -0.15) is 0 Å². The summed E-state index contributed by atoms with van der Waals surface area (Å²) in [7, 11) is 3.09. The standard InChI is InChI=1S/C15H18ClN3O3/c1-9(2)17-14-6-11(12(16)8-19(14)21)10-5-13(15(20)22-4)18(3)7-10/h5-9,21H,1-4H3/p+1. The Morgan fingerprint density at radius 1 is 1.45 bits per heavy atom. The zero-order valence-corrected chi connectivity index (χ0v) is 13.7. The molecule has 0 radical (unpaired) electrons. The van der Waals surface area contributed by atoms with Gasteiger partial charge in [0.15, 0.2) is 6.20 Å². The van der Waals surface area contributed by atoms with E-state index in [0.29, 0.717) is 22.1 Å². The van der Waals surface area contributed by atoms with Gasteiger partial charge in [-0.05, 0) is 19.9 Å². The molecule has 0 aromatic carbocycles. The Morgan fingerprint density at radius 3 is 2.73 bits per heavy atom. The molecular formula is C15H19ClN3O3+. The number of rotatable bonds is 4. The van der Waals surface area contributed by atoms with E-state index >= 15 is 0 Å². The van der Waals surface area contributed by atoms with Gasteiger partial charge < -0.3 is 14.5 Å². The van der Waals surface area contributed by atoms with Crippen molar-refractivity contribution in [2.24, 2.45) is 7.05 Å². The molecule has 7 heteroatoms. The first-order valence-corrected chi connectivity index (χ1v) is 7.17. The second-order valence-corrected chi connectivity index (χ2v) is 5.69. The van der Waals surface area contributed by atoms with Crippen LogP contribution in [0, 0.1) is 0 Å². The van der Waals surface area contributed by atoms with Gasteiger partial charge in [0.1, 0.15) is 5.69 Å². The number of halogens is 1. The topological polar surface area (TPSA) is 67.4 Å². The summed E-state index contributed by atoms with van der Waals surface area (Å²) >= 11 is 6.21. The van der Waals surface area contributed by atoms with Gasteiger partial charge in [0, 0.05) is 30.4 Å². The van der Waals surface area contributed by atoms with Crippen molar-refractivity contribution < 1.29 is 19.5 Å². The Bertz CT molecular complexity index is 710. The molecule has 6 nitrogen and oxygen atoms in total. The third-order valence-electron chi connectivity index (χ3n) is 3.17. The molecule has 2 heterocycles. The third kappa shape index (κ3) is 3.17. The highest BCUT2D eigenvalue weighted by atomic mass is 35.5. The lowest BCUT2D eigenvalue weighted by Crippen LogP contribution is -2.35. The second kappa shape index (κ2) is 6.27.